The van der Waals surface area contributed by atoms with Crippen LogP contribution in [0.5, 0.6) is 0 Å². The van der Waals surface area contributed by atoms with Gasteiger partial charge in [-0.1, -0.05) is 39.0 Å². The summed E-state index contributed by atoms with van der Waals surface area (Å²) in [7, 11) is 0. The number of nitrogens with zero attached hydrogens (tertiary/aromatic N) is 2. The molecule has 0 unspecified atom stereocenters. The number of aromatic nitrogens is 2. The number of rotatable bonds is 2. The second-order valence-electron chi connectivity index (χ2n) is 4.75. The van der Waals surface area contributed by atoms with Crippen molar-refractivity contribution in [2.24, 2.45) is 0 Å². The molecule has 4 nitrogen and oxygen atoms in total. The van der Waals surface area contributed by atoms with E-state index < -0.39 is 0 Å². The van der Waals surface area contributed by atoms with Crippen molar-refractivity contribution in [3.63, 3.8) is 0 Å². The highest BCUT2D eigenvalue weighted by Crippen LogP contribution is 2.32. The standard InChI is InChI=1S/C12H14N2O2S/c1-12(2,3)10-11(14(15)16-13-10)17-9-7-5-4-6-8-9/h4-8H,1-3H3. The summed E-state index contributed by atoms with van der Waals surface area (Å²) in [6, 6.07) is 9.70. The third-order valence-corrected chi connectivity index (χ3v) is 3.29. The maximum atomic E-state index is 11.6. The third kappa shape index (κ3) is 2.61. The average molecular weight is 250 g/mol. The first-order valence-electron chi connectivity index (χ1n) is 5.31. The molecular weight excluding hydrogens is 236 g/mol. The molecule has 0 N–H and O–H groups in total. The van der Waals surface area contributed by atoms with E-state index in [9.17, 15) is 5.21 Å². The van der Waals surface area contributed by atoms with Gasteiger partial charge in [0.25, 0.3) is 5.03 Å². The van der Waals surface area contributed by atoms with E-state index in [-0.39, 0.29) is 5.41 Å². The first-order chi connectivity index (χ1) is 7.98. The molecule has 1 aromatic carbocycles. The molecule has 0 fully saturated rings. The van der Waals surface area contributed by atoms with Crippen molar-refractivity contribution < 1.29 is 9.53 Å². The summed E-state index contributed by atoms with van der Waals surface area (Å²) in [4.78, 5) is 1.46. The van der Waals surface area contributed by atoms with E-state index in [0.717, 1.165) is 4.90 Å². The quantitative estimate of drug-likeness (QED) is 0.769. The van der Waals surface area contributed by atoms with Gasteiger partial charge in [0, 0.05) is 15.5 Å². The molecule has 0 amide bonds. The Labute approximate surface area is 104 Å². The smallest absolute Gasteiger partial charge is 0.260 e. The van der Waals surface area contributed by atoms with E-state index in [1.807, 2.05) is 51.1 Å². The molecule has 0 saturated carbocycles. The maximum Gasteiger partial charge on any atom is 0.260 e. The molecule has 2 aromatic rings. The van der Waals surface area contributed by atoms with Gasteiger partial charge in [0.05, 0.1) is 0 Å². The second kappa shape index (κ2) is 4.41. The molecule has 17 heavy (non-hydrogen) atoms. The lowest BCUT2D eigenvalue weighted by Crippen LogP contribution is -2.26. The van der Waals surface area contributed by atoms with E-state index >= 15 is 0 Å². The Hall–Kier alpha value is -1.49. The van der Waals surface area contributed by atoms with Crippen LogP contribution in [0.4, 0.5) is 0 Å². The lowest BCUT2D eigenvalue weighted by molar-refractivity contribution is -0.831. The van der Waals surface area contributed by atoms with Crippen LogP contribution in [0.3, 0.4) is 0 Å². The van der Waals surface area contributed by atoms with Gasteiger partial charge in [-0.2, -0.15) is 0 Å². The van der Waals surface area contributed by atoms with Crippen LogP contribution in [0.2, 0.25) is 0 Å². The van der Waals surface area contributed by atoms with Crippen LogP contribution in [-0.4, -0.2) is 5.16 Å². The minimum absolute atomic E-state index is 0.212. The summed E-state index contributed by atoms with van der Waals surface area (Å²) in [5, 5.41) is 15.9. The fraction of sp³-hybridized carbons (Fsp3) is 0.333. The molecule has 0 bridgehead atoms. The summed E-state index contributed by atoms with van der Waals surface area (Å²) < 4.78 is 4.68. The molecule has 5 heteroatoms. The molecule has 0 aliphatic carbocycles. The van der Waals surface area contributed by atoms with E-state index in [4.69, 9.17) is 0 Å². The number of hydrogen-bond acceptors (Lipinski definition) is 4. The Kier molecular flexibility index (Phi) is 3.11. The van der Waals surface area contributed by atoms with Crippen molar-refractivity contribution in [1.29, 1.82) is 0 Å². The zero-order valence-electron chi connectivity index (χ0n) is 10.0. The Morgan fingerprint density at radius 3 is 2.47 bits per heavy atom. The predicted octanol–water partition coefficient (Wildman–Crippen LogP) is 2.76. The summed E-state index contributed by atoms with van der Waals surface area (Å²) >= 11 is 1.37. The molecule has 1 heterocycles. The first-order valence-corrected chi connectivity index (χ1v) is 6.13. The maximum absolute atomic E-state index is 11.6. The minimum Gasteiger partial charge on any atom is -0.359 e. The van der Waals surface area contributed by atoms with Crippen molar-refractivity contribution >= 4 is 11.8 Å². The first kappa shape index (κ1) is 12.0. The Morgan fingerprint density at radius 1 is 1.24 bits per heavy atom. The molecule has 0 radical (unpaired) electrons. The van der Waals surface area contributed by atoms with E-state index in [1.54, 1.807) is 0 Å². The largest absolute Gasteiger partial charge is 0.359 e. The van der Waals surface area contributed by atoms with Gasteiger partial charge in [0.15, 0.2) is 0 Å². The molecule has 90 valence electrons. The normalized spacial score (nSPS) is 11.7. The molecular formula is C12H14N2O2S. The Balaban J connectivity index is 2.36. The zero-order chi connectivity index (χ0) is 12.5. The summed E-state index contributed by atoms with van der Waals surface area (Å²) in [5.74, 6) is 0. The highest BCUT2D eigenvalue weighted by atomic mass is 32.2. The van der Waals surface area contributed by atoms with Crippen LogP contribution in [-0.2, 0) is 5.41 Å². The monoisotopic (exact) mass is 250 g/mol. The van der Waals surface area contributed by atoms with Crippen LogP contribution >= 0.6 is 11.8 Å². The minimum atomic E-state index is -0.212. The van der Waals surface area contributed by atoms with Gasteiger partial charge < -0.3 is 5.21 Å². The SMILES string of the molecule is CC(C)(C)c1no[n+]([O-])c1Sc1ccccc1. The average Bonchev–Trinajstić information content (AvgIpc) is 2.62. The van der Waals surface area contributed by atoms with Gasteiger partial charge in [-0.05, 0) is 28.8 Å². The fourth-order valence-corrected chi connectivity index (χ4v) is 2.45. The molecule has 0 spiro atoms. The molecule has 2 rings (SSSR count). The summed E-state index contributed by atoms with van der Waals surface area (Å²) in [5.41, 5.74) is 0.470. The van der Waals surface area contributed by atoms with Gasteiger partial charge in [-0.3, -0.25) is 4.63 Å². The highest BCUT2D eigenvalue weighted by Gasteiger charge is 2.31. The zero-order valence-corrected chi connectivity index (χ0v) is 10.8. The molecule has 0 aliphatic rings. The summed E-state index contributed by atoms with van der Waals surface area (Å²) in [6.45, 7) is 6.00. The molecule has 1 aromatic heterocycles. The van der Waals surface area contributed by atoms with E-state index in [1.165, 1.54) is 11.8 Å². The topological polar surface area (TPSA) is 53.0 Å². The van der Waals surface area contributed by atoms with Crippen LogP contribution in [0.25, 0.3) is 0 Å². The van der Waals surface area contributed by atoms with Crippen molar-refractivity contribution in [3.05, 3.63) is 41.2 Å². The van der Waals surface area contributed by atoms with Crippen molar-refractivity contribution in [2.45, 2.75) is 36.1 Å². The lowest BCUT2D eigenvalue weighted by Gasteiger charge is -2.11. The second-order valence-corrected chi connectivity index (χ2v) is 5.81. The Morgan fingerprint density at radius 2 is 1.88 bits per heavy atom. The third-order valence-electron chi connectivity index (χ3n) is 2.24. The van der Waals surface area contributed by atoms with Crippen LogP contribution in [0, 0.1) is 5.21 Å². The fourth-order valence-electron chi connectivity index (χ4n) is 1.38. The van der Waals surface area contributed by atoms with Gasteiger partial charge >= 0.3 is 0 Å². The van der Waals surface area contributed by atoms with Crippen molar-refractivity contribution in [1.82, 2.24) is 5.16 Å². The van der Waals surface area contributed by atoms with Gasteiger partial charge in [0.2, 0.25) is 5.69 Å². The van der Waals surface area contributed by atoms with Gasteiger partial charge in [-0.25, -0.2) is 0 Å². The highest BCUT2D eigenvalue weighted by molar-refractivity contribution is 7.99. The summed E-state index contributed by atoms with van der Waals surface area (Å²) in [6.07, 6.45) is 0. The molecule has 0 saturated heterocycles. The van der Waals surface area contributed by atoms with Gasteiger partial charge in [-0.15, -0.1) is 0 Å². The molecule has 0 aliphatic heterocycles. The Bertz CT molecular complexity index is 503. The van der Waals surface area contributed by atoms with Crippen LogP contribution < -0.4 is 4.90 Å². The van der Waals surface area contributed by atoms with E-state index in [2.05, 4.69) is 9.79 Å². The number of hydrogen-bond donors (Lipinski definition) is 0. The lowest BCUT2D eigenvalue weighted by atomic mass is 9.93. The van der Waals surface area contributed by atoms with Gasteiger partial charge in [0.1, 0.15) is 0 Å². The molecule has 0 atom stereocenters. The predicted molar refractivity (Wildman–Crippen MR) is 64.7 cm³/mol. The van der Waals surface area contributed by atoms with E-state index in [0.29, 0.717) is 15.6 Å². The van der Waals surface area contributed by atoms with Crippen LogP contribution in [0.1, 0.15) is 26.5 Å². The van der Waals surface area contributed by atoms with Crippen molar-refractivity contribution in [2.75, 3.05) is 0 Å². The van der Waals surface area contributed by atoms with Crippen molar-refractivity contribution in [3.8, 4) is 0 Å². The van der Waals surface area contributed by atoms with Crippen LogP contribution in [0.15, 0.2) is 44.9 Å². The number of benzene rings is 1.